The lowest BCUT2D eigenvalue weighted by molar-refractivity contribution is -0.167. The van der Waals surface area contributed by atoms with Crippen molar-refractivity contribution in [2.24, 2.45) is 28.6 Å². The van der Waals surface area contributed by atoms with Crippen molar-refractivity contribution in [2.75, 3.05) is 12.9 Å². The van der Waals surface area contributed by atoms with Crippen LogP contribution in [0.4, 0.5) is 0 Å². The number of fused-ring (bicyclic) bond motifs is 5. The van der Waals surface area contributed by atoms with Gasteiger partial charge in [-0.15, -0.1) is 0 Å². The summed E-state index contributed by atoms with van der Waals surface area (Å²) in [4.78, 5) is 38.6. The van der Waals surface area contributed by atoms with Crippen LogP contribution >= 0.6 is 24.0 Å². The molecular weight excluding hydrogens is 420 g/mol. The van der Waals surface area contributed by atoms with E-state index >= 15 is 0 Å². The molecule has 3 saturated carbocycles. The molecule has 0 aliphatic heterocycles. The molecule has 1 N–H and O–H groups in total. The van der Waals surface area contributed by atoms with Gasteiger partial charge in [-0.25, -0.2) is 0 Å². The topological polar surface area (TPSA) is 80.7 Å². The third-order valence-electron chi connectivity index (χ3n) is 8.76. The first-order valence-electron chi connectivity index (χ1n) is 10.8. The molecule has 0 heterocycles. The second kappa shape index (κ2) is 7.52. The second-order valence-corrected chi connectivity index (χ2v) is 11.5. The summed E-state index contributed by atoms with van der Waals surface area (Å²) in [6, 6.07) is 0. The highest BCUT2D eigenvalue weighted by atomic mass is 32.2. The van der Waals surface area contributed by atoms with Gasteiger partial charge in [0.15, 0.2) is 11.6 Å². The lowest BCUT2D eigenvalue weighted by atomic mass is 9.46. The summed E-state index contributed by atoms with van der Waals surface area (Å²) in [7, 11) is 1.46. The number of hydrogen-bond acceptors (Lipinski definition) is 7. The molecule has 0 radical (unpaired) electrons. The molecule has 3 fully saturated rings. The molecule has 5 nitrogen and oxygen atoms in total. The number of ketones is 3. The van der Waals surface area contributed by atoms with Crippen molar-refractivity contribution >= 4 is 45.7 Å². The molecule has 0 amide bonds. The largest absolute Gasteiger partial charge is 0.482 e. The van der Waals surface area contributed by atoms with E-state index in [0.717, 1.165) is 43.0 Å². The van der Waals surface area contributed by atoms with Gasteiger partial charge in [-0.1, -0.05) is 31.2 Å². The summed E-state index contributed by atoms with van der Waals surface area (Å²) in [5.74, 6) is 0.285. The summed E-state index contributed by atoms with van der Waals surface area (Å²) in [6.07, 6.45) is 6.04. The minimum atomic E-state index is -1.51. The number of rotatable bonds is 3. The van der Waals surface area contributed by atoms with Gasteiger partial charge in [-0.3, -0.25) is 14.4 Å². The van der Waals surface area contributed by atoms with Gasteiger partial charge in [0.1, 0.15) is 11.4 Å². The average Bonchev–Trinajstić information content (AvgIpc) is 2.97. The van der Waals surface area contributed by atoms with Gasteiger partial charge >= 0.3 is 0 Å². The van der Waals surface area contributed by atoms with Gasteiger partial charge in [0.25, 0.3) is 0 Å². The lowest BCUT2D eigenvalue weighted by Gasteiger charge is -2.57. The van der Waals surface area contributed by atoms with Crippen molar-refractivity contribution < 1.29 is 24.2 Å². The number of carbonyl (C=O) groups excluding carboxylic acids is 3. The lowest BCUT2D eigenvalue weighted by Crippen LogP contribution is -2.60. The van der Waals surface area contributed by atoms with Crippen LogP contribution in [0.15, 0.2) is 11.6 Å². The van der Waals surface area contributed by atoms with E-state index in [1.54, 1.807) is 6.08 Å². The molecule has 4 rings (SSSR count). The minimum absolute atomic E-state index is 0.0560. The van der Waals surface area contributed by atoms with Crippen molar-refractivity contribution in [3.8, 4) is 0 Å². The fraction of sp³-hybridized carbons (Fsp3) is 0.739. The van der Waals surface area contributed by atoms with E-state index in [1.165, 1.54) is 7.11 Å². The van der Waals surface area contributed by atoms with Gasteiger partial charge < -0.3 is 9.84 Å². The molecule has 0 aromatic carbocycles. The first-order valence-corrected chi connectivity index (χ1v) is 12.2. The van der Waals surface area contributed by atoms with Crippen LogP contribution in [-0.4, -0.2) is 45.3 Å². The van der Waals surface area contributed by atoms with Crippen LogP contribution in [-0.2, 0) is 19.1 Å². The van der Waals surface area contributed by atoms with Crippen LogP contribution in [0.25, 0.3) is 0 Å². The number of ether oxygens (including phenoxy) is 1. The molecule has 4 aliphatic carbocycles. The first-order chi connectivity index (χ1) is 14.1. The van der Waals surface area contributed by atoms with Crippen LogP contribution in [0.1, 0.15) is 58.8 Å². The third-order valence-corrected chi connectivity index (χ3v) is 10.1. The zero-order valence-electron chi connectivity index (χ0n) is 17.9. The minimum Gasteiger partial charge on any atom is -0.482 e. The van der Waals surface area contributed by atoms with Gasteiger partial charge in [0.2, 0.25) is 4.38 Å². The highest BCUT2D eigenvalue weighted by Gasteiger charge is 2.68. The normalized spacial score (nSPS) is 42.7. The zero-order chi connectivity index (χ0) is 21.9. The Hall–Kier alpha value is -1.05. The number of thiocarbonyl (C=S) groups is 1. The van der Waals surface area contributed by atoms with Crippen LogP contribution in [0.5, 0.6) is 0 Å². The SMILES string of the molecule is COC(=S)SCC(=O)[C@@]1(O)CC[C@@H]2[C@@H]3CCC4=CC(=O)CC[C@]4(C)[C@H]3C(=O)C[C@@]21C. The van der Waals surface area contributed by atoms with E-state index in [-0.39, 0.29) is 57.1 Å². The van der Waals surface area contributed by atoms with Crippen molar-refractivity contribution in [1.82, 2.24) is 0 Å². The fourth-order valence-electron chi connectivity index (χ4n) is 7.15. The molecule has 0 bridgehead atoms. The number of carbonyl (C=O) groups is 3. The van der Waals surface area contributed by atoms with E-state index in [9.17, 15) is 19.5 Å². The molecule has 164 valence electrons. The maximum absolute atomic E-state index is 13.6. The molecule has 30 heavy (non-hydrogen) atoms. The van der Waals surface area contributed by atoms with Crippen molar-refractivity contribution in [2.45, 2.75) is 64.4 Å². The first kappa shape index (κ1) is 22.2. The summed E-state index contributed by atoms with van der Waals surface area (Å²) in [6.45, 7) is 4.09. The van der Waals surface area contributed by atoms with E-state index in [1.807, 2.05) is 6.92 Å². The maximum Gasteiger partial charge on any atom is 0.220 e. The fourth-order valence-corrected chi connectivity index (χ4v) is 7.93. The summed E-state index contributed by atoms with van der Waals surface area (Å²) in [5, 5.41) is 11.6. The third kappa shape index (κ3) is 3.06. The summed E-state index contributed by atoms with van der Waals surface area (Å²) in [5.41, 5.74) is -1.39. The number of thioether (sulfide) groups is 1. The summed E-state index contributed by atoms with van der Waals surface area (Å²) >= 11 is 6.14. The van der Waals surface area contributed by atoms with E-state index in [2.05, 4.69) is 6.92 Å². The van der Waals surface area contributed by atoms with E-state index in [4.69, 9.17) is 17.0 Å². The van der Waals surface area contributed by atoms with Crippen molar-refractivity contribution in [1.29, 1.82) is 0 Å². The quantitative estimate of drug-likeness (QED) is 0.657. The average molecular weight is 451 g/mol. The van der Waals surface area contributed by atoms with E-state index < -0.39 is 11.0 Å². The maximum atomic E-state index is 13.6. The molecule has 0 aromatic rings. The van der Waals surface area contributed by atoms with Gasteiger partial charge in [0.05, 0.1) is 12.9 Å². The molecule has 0 unspecified atom stereocenters. The predicted octanol–water partition coefficient (Wildman–Crippen LogP) is 3.66. The zero-order valence-corrected chi connectivity index (χ0v) is 19.5. The Morgan fingerprint density at radius 2 is 2.00 bits per heavy atom. The highest BCUT2D eigenvalue weighted by Crippen LogP contribution is 2.66. The van der Waals surface area contributed by atoms with Gasteiger partial charge in [0, 0.05) is 24.2 Å². The number of allylic oxidation sites excluding steroid dienone is 1. The number of hydrogen-bond donors (Lipinski definition) is 1. The molecule has 0 aromatic heterocycles. The van der Waals surface area contributed by atoms with E-state index in [0.29, 0.717) is 12.8 Å². The second-order valence-electron chi connectivity index (χ2n) is 9.97. The standard InChI is InChI=1S/C23H30O5S2/c1-21-8-6-14(24)10-13(21)4-5-15-16-7-9-23(27,18(26)12-30-20(29)28-3)22(16,2)11-17(25)19(15)21/h10,15-16,19,27H,4-9,11-12H2,1-3H3/t15-,16+,19+,21-,22-,23-/m0/s1. The number of aliphatic hydroxyl groups is 1. The summed E-state index contributed by atoms with van der Waals surface area (Å²) < 4.78 is 5.24. The Morgan fingerprint density at radius 1 is 1.27 bits per heavy atom. The van der Waals surface area contributed by atoms with Gasteiger partial charge in [-0.05, 0) is 67.6 Å². The molecular formula is C23H30O5S2. The molecule has 4 aliphatic rings. The monoisotopic (exact) mass is 450 g/mol. The van der Waals surface area contributed by atoms with Crippen LogP contribution < -0.4 is 0 Å². The molecule has 7 heteroatoms. The molecule has 0 saturated heterocycles. The van der Waals surface area contributed by atoms with Crippen LogP contribution in [0, 0.1) is 28.6 Å². The number of methoxy groups -OCH3 is 1. The molecule has 0 spiro atoms. The smallest absolute Gasteiger partial charge is 0.220 e. The highest BCUT2D eigenvalue weighted by molar-refractivity contribution is 8.23. The van der Waals surface area contributed by atoms with Crippen molar-refractivity contribution in [3.63, 3.8) is 0 Å². The Kier molecular flexibility index (Phi) is 5.55. The number of Topliss-reactive ketones (excluding diaryl/α,β-unsaturated/α-hetero) is 2. The molecule has 6 atom stereocenters. The van der Waals surface area contributed by atoms with Gasteiger partial charge in [-0.2, -0.15) is 0 Å². The van der Waals surface area contributed by atoms with Crippen molar-refractivity contribution in [3.05, 3.63) is 11.6 Å². The Balaban J connectivity index is 1.63. The van der Waals surface area contributed by atoms with Crippen LogP contribution in [0.3, 0.4) is 0 Å². The van der Waals surface area contributed by atoms with Crippen LogP contribution in [0.2, 0.25) is 0 Å². The Labute approximate surface area is 187 Å². The Morgan fingerprint density at radius 3 is 2.70 bits per heavy atom. The predicted molar refractivity (Wildman–Crippen MR) is 119 cm³/mol. The Bertz CT molecular complexity index is 851.